The molecule has 0 aliphatic carbocycles. The zero-order valence-corrected chi connectivity index (χ0v) is 13.8. The Labute approximate surface area is 136 Å². The fourth-order valence-corrected chi connectivity index (χ4v) is 2.99. The monoisotopic (exact) mass is 332 g/mol. The smallest absolute Gasteiger partial charge is 0.239 e. The predicted molar refractivity (Wildman–Crippen MR) is 91.7 cm³/mol. The molecule has 0 saturated heterocycles. The van der Waals surface area contributed by atoms with Crippen molar-refractivity contribution in [3.8, 4) is 0 Å². The molecule has 0 aliphatic rings. The van der Waals surface area contributed by atoms with Gasteiger partial charge in [-0.05, 0) is 31.0 Å². The lowest BCUT2D eigenvalue weighted by Crippen LogP contribution is -2.34. The van der Waals surface area contributed by atoms with Gasteiger partial charge in [0.05, 0.1) is 12.3 Å². The Bertz CT molecular complexity index is 741. The van der Waals surface area contributed by atoms with Crippen molar-refractivity contribution < 1.29 is 13.2 Å². The molecule has 0 heterocycles. The molecule has 0 bridgehead atoms. The molecule has 0 unspecified atom stereocenters. The second kappa shape index (κ2) is 7.89. The van der Waals surface area contributed by atoms with Gasteiger partial charge in [0, 0.05) is 5.69 Å². The van der Waals surface area contributed by atoms with Crippen LogP contribution in [0.5, 0.6) is 0 Å². The fourth-order valence-electron chi connectivity index (χ4n) is 1.99. The first-order chi connectivity index (χ1) is 10.9. The van der Waals surface area contributed by atoms with Crippen LogP contribution in [0.15, 0.2) is 54.6 Å². The number of aryl methyl sites for hydroxylation is 2. The molecular formula is C17H20N2O3S. The van der Waals surface area contributed by atoms with E-state index in [0.29, 0.717) is 12.1 Å². The summed E-state index contributed by atoms with van der Waals surface area (Å²) in [4.78, 5) is 11.8. The maximum absolute atomic E-state index is 11.9. The predicted octanol–water partition coefficient (Wildman–Crippen LogP) is 2.10. The zero-order valence-electron chi connectivity index (χ0n) is 13.0. The summed E-state index contributed by atoms with van der Waals surface area (Å²) in [6.07, 6.45) is 0.412. The highest BCUT2D eigenvalue weighted by Crippen LogP contribution is 2.08. The number of sulfonamides is 1. The number of hydrogen-bond donors (Lipinski definition) is 2. The zero-order chi connectivity index (χ0) is 16.7. The van der Waals surface area contributed by atoms with Gasteiger partial charge in [-0.1, -0.05) is 48.0 Å². The van der Waals surface area contributed by atoms with Crippen LogP contribution < -0.4 is 10.0 Å². The van der Waals surface area contributed by atoms with Crippen LogP contribution in [0, 0.1) is 6.92 Å². The molecule has 2 rings (SSSR count). The molecule has 1 amide bonds. The van der Waals surface area contributed by atoms with Crippen molar-refractivity contribution in [1.29, 1.82) is 0 Å². The molecule has 0 fully saturated rings. The van der Waals surface area contributed by atoms with Crippen molar-refractivity contribution in [3.63, 3.8) is 0 Å². The van der Waals surface area contributed by atoms with E-state index in [0.717, 1.165) is 11.1 Å². The average molecular weight is 332 g/mol. The number of carbonyl (C=O) groups is 1. The summed E-state index contributed by atoms with van der Waals surface area (Å²) in [5, 5.41) is 2.65. The largest absolute Gasteiger partial charge is 0.325 e. The van der Waals surface area contributed by atoms with Gasteiger partial charge in [-0.2, -0.15) is 0 Å². The van der Waals surface area contributed by atoms with Gasteiger partial charge in [-0.3, -0.25) is 4.79 Å². The highest BCUT2D eigenvalue weighted by Gasteiger charge is 2.12. The minimum Gasteiger partial charge on any atom is -0.325 e. The number of nitrogens with one attached hydrogen (secondary N) is 2. The van der Waals surface area contributed by atoms with Crippen molar-refractivity contribution in [2.75, 3.05) is 17.6 Å². The molecule has 0 aliphatic heterocycles. The topological polar surface area (TPSA) is 75.3 Å². The number of anilines is 1. The van der Waals surface area contributed by atoms with E-state index in [9.17, 15) is 13.2 Å². The Morgan fingerprint density at radius 1 is 1.00 bits per heavy atom. The van der Waals surface area contributed by atoms with Crippen LogP contribution in [0.1, 0.15) is 11.1 Å². The van der Waals surface area contributed by atoms with Crippen LogP contribution in [0.25, 0.3) is 0 Å². The third kappa shape index (κ3) is 6.22. The van der Waals surface area contributed by atoms with Gasteiger partial charge in [-0.25, -0.2) is 13.1 Å². The standard InChI is InChI=1S/C17H20N2O3S/c1-14-7-9-16(10-8-14)19-17(20)13-18-23(21,22)12-11-15-5-3-2-4-6-15/h2-10,18H,11-13H2,1H3,(H,19,20). The quantitative estimate of drug-likeness (QED) is 0.815. The summed E-state index contributed by atoms with van der Waals surface area (Å²) >= 11 is 0. The van der Waals surface area contributed by atoms with Crippen molar-refractivity contribution in [2.24, 2.45) is 0 Å². The molecule has 122 valence electrons. The van der Waals surface area contributed by atoms with E-state index in [2.05, 4.69) is 10.0 Å². The molecule has 2 aromatic carbocycles. The number of carbonyl (C=O) groups excluding carboxylic acids is 1. The van der Waals surface area contributed by atoms with E-state index in [1.807, 2.05) is 49.4 Å². The van der Waals surface area contributed by atoms with Crippen LogP contribution in [0.4, 0.5) is 5.69 Å². The van der Waals surface area contributed by atoms with E-state index in [4.69, 9.17) is 0 Å². The molecule has 2 N–H and O–H groups in total. The van der Waals surface area contributed by atoms with Crippen molar-refractivity contribution >= 4 is 21.6 Å². The number of hydrogen-bond acceptors (Lipinski definition) is 3. The van der Waals surface area contributed by atoms with Crippen LogP contribution in [0.3, 0.4) is 0 Å². The summed E-state index contributed by atoms with van der Waals surface area (Å²) in [7, 11) is -3.48. The molecule has 0 aromatic heterocycles. The molecule has 0 spiro atoms. The molecule has 23 heavy (non-hydrogen) atoms. The highest BCUT2D eigenvalue weighted by atomic mass is 32.2. The van der Waals surface area contributed by atoms with E-state index in [1.54, 1.807) is 12.1 Å². The maximum Gasteiger partial charge on any atom is 0.239 e. The first-order valence-corrected chi connectivity index (χ1v) is 8.98. The minimum absolute atomic E-state index is 0.0468. The van der Waals surface area contributed by atoms with Gasteiger partial charge >= 0.3 is 0 Å². The van der Waals surface area contributed by atoms with Gasteiger partial charge in [0.25, 0.3) is 0 Å². The highest BCUT2D eigenvalue weighted by molar-refractivity contribution is 7.89. The van der Waals surface area contributed by atoms with Crippen LogP contribution >= 0.6 is 0 Å². The molecule has 0 atom stereocenters. The SMILES string of the molecule is Cc1ccc(NC(=O)CNS(=O)(=O)CCc2ccccc2)cc1. The van der Waals surface area contributed by atoms with Gasteiger partial charge in [0.1, 0.15) is 0 Å². The van der Waals surface area contributed by atoms with E-state index >= 15 is 0 Å². The summed E-state index contributed by atoms with van der Waals surface area (Å²) in [5.41, 5.74) is 2.68. The first-order valence-electron chi connectivity index (χ1n) is 7.32. The Balaban J connectivity index is 1.79. The number of rotatable bonds is 7. The van der Waals surface area contributed by atoms with Crippen molar-refractivity contribution in [3.05, 3.63) is 65.7 Å². The maximum atomic E-state index is 11.9. The fraction of sp³-hybridized carbons (Fsp3) is 0.235. The van der Waals surface area contributed by atoms with Gasteiger partial charge in [0.15, 0.2) is 0 Å². The lowest BCUT2D eigenvalue weighted by Gasteiger charge is -2.08. The number of amides is 1. The lowest BCUT2D eigenvalue weighted by molar-refractivity contribution is -0.115. The molecule has 0 saturated carbocycles. The Hall–Kier alpha value is -2.18. The molecule has 5 nitrogen and oxygen atoms in total. The summed E-state index contributed by atoms with van der Waals surface area (Å²) < 4.78 is 26.1. The third-order valence-corrected chi connectivity index (χ3v) is 4.62. The van der Waals surface area contributed by atoms with Crippen molar-refractivity contribution in [1.82, 2.24) is 4.72 Å². The van der Waals surface area contributed by atoms with Crippen molar-refractivity contribution in [2.45, 2.75) is 13.3 Å². The normalized spacial score (nSPS) is 11.2. The molecule has 0 radical (unpaired) electrons. The Kier molecular flexibility index (Phi) is 5.90. The Morgan fingerprint density at radius 3 is 2.30 bits per heavy atom. The first kappa shape index (κ1) is 17.2. The van der Waals surface area contributed by atoms with E-state index < -0.39 is 15.9 Å². The van der Waals surface area contributed by atoms with E-state index in [-0.39, 0.29) is 12.3 Å². The van der Waals surface area contributed by atoms with Crippen LogP contribution in [-0.4, -0.2) is 26.6 Å². The summed E-state index contributed by atoms with van der Waals surface area (Å²) in [6, 6.07) is 16.7. The van der Waals surface area contributed by atoms with Gasteiger partial charge in [0.2, 0.25) is 15.9 Å². The molecule has 6 heteroatoms. The lowest BCUT2D eigenvalue weighted by atomic mass is 10.2. The van der Waals surface area contributed by atoms with E-state index in [1.165, 1.54) is 0 Å². The van der Waals surface area contributed by atoms with Gasteiger partial charge in [-0.15, -0.1) is 0 Å². The second-order valence-corrected chi connectivity index (χ2v) is 7.22. The minimum atomic E-state index is -3.48. The number of benzene rings is 2. The van der Waals surface area contributed by atoms with Crippen LogP contribution in [-0.2, 0) is 21.2 Å². The van der Waals surface area contributed by atoms with Crippen LogP contribution in [0.2, 0.25) is 0 Å². The Morgan fingerprint density at radius 2 is 1.65 bits per heavy atom. The van der Waals surface area contributed by atoms with Gasteiger partial charge < -0.3 is 5.32 Å². The molecular weight excluding hydrogens is 312 g/mol. The summed E-state index contributed by atoms with van der Waals surface area (Å²) in [6.45, 7) is 1.68. The molecule has 2 aromatic rings. The summed E-state index contributed by atoms with van der Waals surface area (Å²) in [5.74, 6) is -0.438. The average Bonchev–Trinajstić information content (AvgIpc) is 2.55. The third-order valence-electron chi connectivity index (χ3n) is 3.29. The second-order valence-electron chi connectivity index (χ2n) is 5.29.